The second-order valence-electron chi connectivity index (χ2n) is 9.57. The minimum atomic E-state index is -3.30. The number of aryl methyl sites for hydroxylation is 1. The Morgan fingerprint density at radius 2 is 1.83 bits per heavy atom. The van der Waals surface area contributed by atoms with Crippen LogP contribution in [0.5, 0.6) is 11.5 Å². The van der Waals surface area contributed by atoms with Gasteiger partial charge in [-0.05, 0) is 42.8 Å². The van der Waals surface area contributed by atoms with Gasteiger partial charge >= 0.3 is 0 Å². The summed E-state index contributed by atoms with van der Waals surface area (Å²) in [5.74, 6) is -2.86. The molecule has 0 spiro atoms. The number of amides is 1. The van der Waals surface area contributed by atoms with Crippen molar-refractivity contribution in [3.8, 4) is 11.5 Å². The van der Waals surface area contributed by atoms with Crippen LogP contribution in [0, 0.1) is 6.92 Å². The van der Waals surface area contributed by atoms with Gasteiger partial charge in [-0.1, -0.05) is 11.6 Å². The number of anilines is 3. The van der Waals surface area contributed by atoms with Crippen molar-refractivity contribution in [3.63, 3.8) is 0 Å². The quantitative estimate of drug-likeness (QED) is 0.292. The van der Waals surface area contributed by atoms with Crippen molar-refractivity contribution in [1.82, 2.24) is 34.1 Å². The minimum absolute atomic E-state index is 0.0324. The molecule has 6 rings (SSSR count). The van der Waals surface area contributed by atoms with E-state index < -0.39 is 30.6 Å². The maximum Gasteiger partial charge on any atom is 0.282 e. The molecule has 1 saturated heterocycles. The smallest absolute Gasteiger partial charge is 0.282 e. The standard InChI is InChI=1S/C26H23ClF3N9O2/c1-16-10-17(2-3-20(16)41-18-4-6-38-21(11-18)31-14-33-38)35-24-22-19(5-7-39(22)34-15-32-24)36-8-9-37(25(40)23(27)28)13-26(29,30)12-36/h2-7,10-11,14-15,23H,8-9,12-13H2,1H3,(H,32,34,35). The van der Waals surface area contributed by atoms with E-state index in [9.17, 15) is 18.0 Å². The monoisotopic (exact) mass is 585 g/mol. The predicted octanol–water partition coefficient (Wildman–Crippen LogP) is 4.43. The van der Waals surface area contributed by atoms with Gasteiger partial charge in [0.05, 0.1) is 18.8 Å². The average Bonchev–Trinajstić information content (AvgIpc) is 3.55. The fourth-order valence-electron chi connectivity index (χ4n) is 4.79. The van der Waals surface area contributed by atoms with Gasteiger partial charge in [-0.2, -0.15) is 10.2 Å². The molecule has 0 bridgehead atoms. The number of carbonyl (C=O) groups excluding carboxylic acids is 1. The fraction of sp³-hybridized carbons (Fsp3) is 0.269. The van der Waals surface area contributed by atoms with Crippen LogP contribution in [0.2, 0.25) is 0 Å². The molecule has 15 heteroatoms. The van der Waals surface area contributed by atoms with E-state index in [-0.39, 0.29) is 13.1 Å². The first-order valence-electron chi connectivity index (χ1n) is 12.5. The third kappa shape index (κ3) is 5.42. The summed E-state index contributed by atoms with van der Waals surface area (Å²) in [5, 5.41) is 11.5. The van der Waals surface area contributed by atoms with Crippen molar-refractivity contribution < 1.29 is 22.7 Å². The number of benzene rings is 1. The molecule has 0 aliphatic carbocycles. The van der Waals surface area contributed by atoms with Crippen molar-refractivity contribution in [2.45, 2.75) is 18.5 Å². The molecular formula is C26H23ClF3N9O2. The van der Waals surface area contributed by atoms with Crippen molar-refractivity contribution >= 4 is 45.9 Å². The highest BCUT2D eigenvalue weighted by Gasteiger charge is 2.40. The van der Waals surface area contributed by atoms with Crippen LogP contribution in [0.15, 0.2) is 61.4 Å². The summed E-state index contributed by atoms with van der Waals surface area (Å²) in [7, 11) is 0. The molecule has 1 aliphatic heterocycles. The molecule has 1 amide bonds. The summed E-state index contributed by atoms with van der Waals surface area (Å²) in [6.07, 6.45) is 6.20. The van der Waals surface area contributed by atoms with E-state index in [0.717, 1.165) is 10.5 Å². The Morgan fingerprint density at radius 3 is 2.63 bits per heavy atom. The Labute approximate surface area is 236 Å². The summed E-state index contributed by atoms with van der Waals surface area (Å²) in [4.78, 5) is 22.7. The van der Waals surface area contributed by atoms with Gasteiger partial charge in [0.2, 0.25) is 0 Å². The summed E-state index contributed by atoms with van der Waals surface area (Å²) < 4.78 is 52.3. The molecule has 0 radical (unpaired) electrons. The highest BCUT2D eigenvalue weighted by atomic mass is 35.5. The molecule has 1 unspecified atom stereocenters. The van der Waals surface area contributed by atoms with E-state index >= 15 is 0 Å². The normalized spacial score (nSPS) is 16.1. The molecule has 4 aromatic heterocycles. The van der Waals surface area contributed by atoms with Gasteiger partial charge < -0.3 is 19.9 Å². The van der Waals surface area contributed by atoms with Crippen LogP contribution in [0.1, 0.15) is 5.56 Å². The molecule has 5 aromatic rings. The Bertz CT molecular complexity index is 1740. The van der Waals surface area contributed by atoms with E-state index in [1.165, 1.54) is 22.1 Å². The lowest BCUT2D eigenvalue weighted by Crippen LogP contribution is -2.43. The Kier molecular flexibility index (Phi) is 6.77. The SMILES string of the molecule is Cc1cc(Nc2ncnn3ccc(N4CCN(C(=O)C(F)Cl)CC(F)(F)C4)c23)ccc1Oc1ccn2ncnc2c1. The second-order valence-corrected chi connectivity index (χ2v) is 9.96. The number of hydrogen-bond acceptors (Lipinski definition) is 8. The maximum atomic E-state index is 14.9. The lowest BCUT2D eigenvalue weighted by atomic mass is 10.2. The molecule has 1 N–H and O–H groups in total. The van der Waals surface area contributed by atoms with Crippen LogP contribution < -0.4 is 15.0 Å². The van der Waals surface area contributed by atoms with Gasteiger partial charge in [0.15, 0.2) is 11.5 Å². The van der Waals surface area contributed by atoms with Crippen molar-refractivity contribution in [2.75, 3.05) is 36.4 Å². The lowest BCUT2D eigenvalue weighted by Gasteiger charge is -2.25. The molecule has 1 aromatic carbocycles. The molecule has 1 atom stereocenters. The molecule has 1 fully saturated rings. The zero-order valence-electron chi connectivity index (χ0n) is 21.6. The zero-order chi connectivity index (χ0) is 28.7. The number of carbonyl (C=O) groups is 1. The van der Waals surface area contributed by atoms with Gasteiger partial charge in [0, 0.05) is 37.2 Å². The lowest BCUT2D eigenvalue weighted by molar-refractivity contribution is -0.137. The molecule has 0 saturated carbocycles. The number of pyridine rings is 1. The van der Waals surface area contributed by atoms with Crippen molar-refractivity contribution in [3.05, 3.63) is 67.0 Å². The first-order valence-corrected chi connectivity index (χ1v) is 13.0. The van der Waals surface area contributed by atoms with Crippen LogP contribution in [0.25, 0.3) is 11.2 Å². The molecule has 5 heterocycles. The summed E-state index contributed by atoms with van der Waals surface area (Å²) in [6.45, 7) is 0.188. The summed E-state index contributed by atoms with van der Waals surface area (Å²) >= 11 is 5.24. The fourth-order valence-corrected chi connectivity index (χ4v) is 4.93. The van der Waals surface area contributed by atoms with Gasteiger partial charge in [-0.3, -0.25) is 4.79 Å². The highest BCUT2D eigenvalue weighted by Crippen LogP contribution is 2.34. The minimum Gasteiger partial charge on any atom is -0.457 e. The van der Waals surface area contributed by atoms with Crippen LogP contribution in [0.4, 0.5) is 30.4 Å². The number of halogens is 4. The van der Waals surface area contributed by atoms with E-state index in [1.807, 2.05) is 19.1 Å². The second kappa shape index (κ2) is 10.4. The number of rotatable bonds is 6. The highest BCUT2D eigenvalue weighted by molar-refractivity contribution is 6.29. The largest absolute Gasteiger partial charge is 0.457 e. The van der Waals surface area contributed by atoms with Crippen LogP contribution >= 0.6 is 11.6 Å². The Balaban J connectivity index is 1.25. The van der Waals surface area contributed by atoms with E-state index in [2.05, 4.69) is 25.5 Å². The van der Waals surface area contributed by atoms with Gasteiger partial charge in [0.25, 0.3) is 17.5 Å². The van der Waals surface area contributed by atoms with E-state index in [1.54, 1.807) is 41.2 Å². The zero-order valence-corrected chi connectivity index (χ0v) is 22.3. The number of nitrogens with one attached hydrogen (secondary N) is 1. The van der Waals surface area contributed by atoms with Crippen LogP contribution in [-0.4, -0.2) is 77.7 Å². The molecule has 11 nitrogen and oxygen atoms in total. The van der Waals surface area contributed by atoms with Crippen LogP contribution in [-0.2, 0) is 4.79 Å². The maximum absolute atomic E-state index is 14.9. The first-order chi connectivity index (χ1) is 19.7. The number of nitrogens with zero attached hydrogens (tertiary/aromatic N) is 8. The van der Waals surface area contributed by atoms with E-state index in [0.29, 0.717) is 39.9 Å². The van der Waals surface area contributed by atoms with Gasteiger partial charge in [-0.15, -0.1) is 0 Å². The average molecular weight is 586 g/mol. The number of alkyl halides is 4. The third-order valence-electron chi connectivity index (χ3n) is 6.67. The van der Waals surface area contributed by atoms with E-state index in [4.69, 9.17) is 16.3 Å². The molecule has 1 aliphatic rings. The third-order valence-corrected chi connectivity index (χ3v) is 6.86. The predicted molar refractivity (Wildman–Crippen MR) is 145 cm³/mol. The van der Waals surface area contributed by atoms with Crippen molar-refractivity contribution in [2.24, 2.45) is 0 Å². The Hall–Kier alpha value is -4.59. The van der Waals surface area contributed by atoms with Gasteiger partial charge in [-0.25, -0.2) is 32.2 Å². The first kappa shape index (κ1) is 26.6. The topological polar surface area (TPSA) is 105 Å². The number of aromatic nitrogens is 6. The Morgan fingerprint density at radius 1 is 1.05 bits per heavy atom. The van der Waals surface area contributed by atoms with Crippen LogP contribution in [0.3, 0.4) is 0 Å². The molecular weight excluding hydrogens is 563 g/mol. The number of hydrogen-bond donors (Lipinski definition) is 1. The number of ether oxygens (including phenoxy) is 1. The summed E-state index contributed by atoms with van der Waals surface area (Å²) in [5.41, 5.74) is 0.689. The molecule has 41 heavy (non-hydrogen) atoms. The molecule has 212 valence electrons. The summed E-state index contributed by atoms with van der Waals surface area (Å²) in [6, 6.07) is 10.7. The van der Waals surface area contributed by atoms with Crippen molar-refractivity contribution in [1.29, 1.82) is 0 Å². The number of fused-ring (bicyclic) bond motifs is 2. The van der Waals surface area contributed by atoms with Gasteiger partial charge in [0.1, 0.15) is 29.7 Å².